The number of pyridine rings is 1. The molecule has 0 bridgehead atoms. The topological polar surface area (TPSA) is 118 Å². The van der Waals surface area contributed by atoms with Crippen LogP contribution in [0.5, 0.6) is 11.5 Å². The van der Waals surface area contributed by atoms with Crippen molar-refractivity contribution in [3.63, 3.8) is 0 Å². The molecule has 1 aliphatic rings. The number of amides is 1. The van der Waals surface area contributed by atoms with Gasteiger partial charge in [0.15, 0.2) is 22.5 Å². The van der Waals surface area contributed by atoms with E-state index in [0.29, 0.717) is 17.8 Å². The van der Waals surface area contributed by atoms with Gasteiger partial charge in [0.25, 0.3) is 0 Å². The van der Waals surface area contributed by atoms with E-state index in [1.54, 1.807) is 18.0 Å². The summed E-state index contributed by atoms with van der Waals surface area (Å²) >= 11 is 3.88. The lowest BCUT2D eigenvalue weighted by atomic mass is 10.1. The van der Waals surface area contributed by atoms with Crippen molar-refractivity contribution >= 4 is 57.1 Å². The van der Waals surface area contributed by atoms with Crippen LogP contribution in [0.2, 0.25) is 0 Å². The number of fused-ring (bicyclic) bond motifs is 2. The van der Waals surface area contributed by atoms with Gasteiger partial charge in [0, 0.05) is 27.6 Å². The van der Waals surface area contributed by atoms with Gasteiger partial charge < -0.3 is 25.5 Å². The average molecular weight is 539 g/mol. The number of benzene rings is 1. The minimum absolute atomic E-state index is 0.240. The number of imidazole rings is 1. The zero-order valence-corrected chi connectivity index (χ0v) is 19.2. The van der Waals surface area contributed by atoms with E-state index in [9.17, 15) is 4.79 Å². The standard InChI is InChI=1S/C20H22IN5O3S/c21-12-9-14-15(29-11-28-14)10-16(12)30-20-25-18-13(6-7-24-19(18)23)26(20)8-4-2-1-3-5-17(22)27/h6-7,9-10H,1-5,8,11H2,(H2,22,27)(H2,23,24). The summed E-state index contributed by atoms with van der Waals surface area (Å²) < 4.78 is 14.2. The molecule has 2 aromatic heterocycles. The Labute approximate surface area is 191 Å². The largest absolute Gasteiger partial charge is 0.454 e. The molecule has 10 heteroatoms. The van der Waals surface area contributed by atoms with Crippen molar-refractivity contribution in [3.8, 4) is 11.5 Å². The summed E-state index contributed by atoms with van der Waals surface area (Å²) in [6.45, 7) is 1.05. The quantitative estimate of drug-likeness (QED) is 0.313. The number of halogens is 1. The van der Waals surface area contributed by atoms with E-state index in [1.165, 1.54) is 0 Å². The molecule has 30 heavy (non-hydrogen) atoms. The predicted octanol–water partition coefficient (Wildman–Crippen LogP) is 3.93. The van der Waals surface area contributed by atoms with Crippen LogP contribution in [-0.4, -0.2) is 27.2 Å². The molecule has 3 heterocycles. The van der Waals surface area contributed by atoms with Gasteiger partial charge in [-0.15, -0.1) is 0 Å². The van der Waals surface area contributed by atoms with Gasteiger partial charge in [0.05, 0.1) is 5.52 Å². The molecule has 0 spiro atoms. The maximum atomic E-state index is 10.9. The summed E-state index contributed by atoms with van der Waals surface area (Å²) in [5.74, 6) is 1.70. The van der Waals surface area contributed by atoms with Crippen molar-refractivity contribution in [2.45, 2.75) is 48.7 Å². The van der Waals surface area contributed by atoms with Crippen molar-refractivity contribution in [2.24, 2.45) is 5.73 Å². The normalized spacial score (nSPS) is 12.6. The molecule has 0 aliphatic carbocycles. The van der Waals surface area contributed by atoms with E-state index in [-0.39, 0.29) is 12.7 Å². The van der Waals surface area contributed by atoms with Gasteiger partial charge in [-0.3, -0.25) is 4.79 Å². The molecule has 0 unspecified atom stereocenters. The number of anilines is 1. The van der Waals surface area contributed by atoms with Crippen LogP contribution in [-0.2, 0) is 11.3 Å². The number of aromatic nitrogens is 3. The van der Waals surface area contributed by atoms with Gasteiger partial charge >= 0.3 is 0 Å². The lowest BCUT2D eigenvalue weighted by Gasteiger charge is -2.10. The molecule has 4 rings (SSSR count). The van der Waals surface area contributed by atoms with E-state index in [1.807, 2.05) is 18.2 Å². The van der Waals surface area contributed by atoms with Crippen molar-refractivity contribution in [2.75, 3.05) is 12.5 Å². The van der Waals surface area contributed by atoms with Crippen molar-refractivity contribution < 1.29 is 14.3 Å². The first-order chi connectivity index (χ1) is 14.5. The molecule has 0 radical (unpaired) electrons. The van der Waals surface area contributed by atoms with Crippen LogP contribution in [0.25, 0.3) is 11.0 Å². The van der Waals surface area contributed by atoms with Crippen LogP contribution in [0, 0.1) is 3.57 Å². The number of aryl methyl sites for hydroxylation is 1. The first-order valence-corrected chi connectivity index (χ1v) is 11.6. The summed E-state index contributed by atoms with van der Waals surface area (Å²) in [7, 11) is 0. The molecule has 0 saturated carbocycles. The van der Waals surface area contributed by atoms with E-state index < -0.39 is 0 Å². The lowest BCUT2D eigenvalue weighted by Crippen LogP contribution is -2.09. The van der Waals surface area contributed by atoms with Crippen LogP contribution in [0.3, 0.4) is 0 Å². The van der Waals surface area contributed by atoms with Gasteiger partial charge in [0.1, 0.15) is 5.52 Å². The highest BCUT2D eigenvalue weighted by atomic mass is 127. The first kappa shape index (κ1) is 21.0. The third-order valence-electron chi connectivity index (χ3n) is 4.84. The Morgan fingerprint density at radius 3 is 2.77 bits per heavy atom. The number of hydrogen-bond acceptors (Lipinski definition) is 7. The fourth-order valence-corrected chi connectivity index (χ4v) is 5.07. The molecule has 3 aromatic rings. The Hall–Kier alpha value is -2.21. The third-order valence-corrected chi connectivity index (χ3v) is 7.15. The summed E-state index contributed by atoms with van der Waals surface area (Å²) in [4.78, 5) is 20.9. The number of rotatable bonds is 9. The fourth-order valence-electron chi connectivity index (χ4n) is 3.34. The third kappa shape index (κ3) is 4.59. The van der Waals surface area contributed by atoms with Crippen LogP contribution in [0.1, 0.15) is 32.1 Å². The highest BCUT2D eigenvalue weighted by Crippen LogP contribution is 2.41. The van der Waals surface area contributed by atoms with Crippen molar-refractivity contribution in [1.82, 2.24) is 14.5 Å². The highest BCUT2D eigenvalue weighted by molar-refractivity contribution is 14.1. The number of hydrogen-bond donors (Lipinski definition) is 2. The van der Waals surface area contributed by atoms with Crippen LogP contribution in [0.4, 0.5) is 5.82 Å². The number of unbranched alkanes of at least 4 members (excludes halogenated alkanes) is 3. The van der Waals surface area contributed by atoms with Crippen LogP contribution in [0.15, 0.2) is 34.4 Å². The molecular weight excluding hydrogens is 517 g/mol. The summed E-state index contributed by atoms with van der Waals surface area (Å²) in [6.07, 6.45) is 5.94. The van der Waals surface area contributed by atoms with Crippen LogP contribution < -0.4 is 20.9 Å². The zero-order valence-electron chi connectivity index (χ0n) is 16.3. The van der Waals surface area contributed by atoms with Gasteiger partial charge in [-0.05, 0) is 53.6 Å². The second kappa shape index (κ2) is 9.29. The van der Waals surface area contributed by atoms with Gasteiger partial charge in [-0.1, -0.05) is 24.6 Å². The van der Waals surface area contributed by atoms with Crippen molar-refractivity contribution in [3.05, 3.63) is 28.0 Å². The second-order valence-corrected chi connectivity index (χ2v) is 9.15. The number of ether oxygens (including phenoxy) is 2. The summed E-state index contributed by atoms with van der Waals surface area (Å²) in [5.41, 5.74) is 13.0. The smallest absolute Gasteiger partial charge is 0.231 e. The Morgan fingerprint density at radius 2 is 1.97 bits per heavy atom. The molecule has 158 valence electrons. The predicted molar refractivity (Wildman–Crippen MR) is 124 cm³/mol. The van der Waals surface area contributed by atoms with E-state index in [0.717, 1.165) is 62.9 Å². The Bertz CT molecular complexity index is 1090. The van der Waals surface area contributed by atoms with Gasteiger partial charge in [-0.2, -0.15) is 0 Å². The number of carbonyl (C=O) groups excluding carboxylic acids is 1. The Morgan fingerprint density at radius 1 is 1.20 bits per heavy atom. The molecule has 1 amide bonds. The molecule has 1 aromatic carbocycles. The highest BCUT2D eigenvalue weighted by Gasteiger charge is 2.20. The van der Waals surface area contributed by atoms with Crippen LogP contribution >= 0.6 is 34.4 Å². The maximum Gasteiger partial charge on any atom is 0.231 e. The van der Waals surface area contributed by atoms with Gasteiger partial charge in [0.2, 0.25) is 12.7 Å². The average Bonchev–Trinajstić information content (AvgIpc) is 3.30. The Balaban J connectivity index is 1.56. The minimum atomic E-state index is -0.240. The SMILES string of the molecule is NC(=O)CCCCCCn1c(Sc2cc3c(cc2I)OCO3)nc2c(N)nccc21. The zero-order chi connectivity index (χ0) is 21.1. The first-order valence-electron chi connectivity index (χ1n) is 9.69. The summed E-state index contributed by atoms with van der Waals surface area (Å²) in [5, 5.41) is 0.860. The molecule has 0 saturated heterocycles. The lowest BCUT2D eigenvalue weighted by molar-refractivity contribution is -0.118. The minimum Gasteiger partial charge on any atom is -0.454 e. The van der Waals surface area contributed by atoms with E-state index in [4.69, 9.17) is 25.9 Å². The number of nitrogens with zero attached hydrogens (tertiary/aromatic N) is 3. The molecule has 0 atom stereocenters. The summed E-state index contributed by atoms with van der Waals surface area (Å²) in [6, 6.07) is 5.91. The Kier molecular flexibility index (Phi) is 6.52. The molecule has 4 N–H and O–H groups in total. The maximum absolute atomic E-state index is 10.9. The monoisotopic (exact) mass is 539 g/mol. The number of primary amides is 1. The fraction of sp³-hybridized carbons (Fsp3) is 0.350. The second-order valence-electron chi connectivity index (χ2n) is 6.98. The number of nitrogens with two attached hydrogens (primary N) is 2. The molecule has 8 nitrogen and oxygen atoms in total. The molecule has 1 aliphatic heterocycles. The molecular formula is C20H22IN5O3S. The molecule has 0 fully saturated rings. The van der Waals surface area contributed by atoms with Gasteiger partial charge in [-0.25, -0.2) is 9.97 Å². The number of nitrogen functional groups attached to an aromatic ring is 1. The van der Waals surface area contributed by atoms with E-state index >= 15 is 0 Å². The number of carbonyl (C=O) groups is 1. The van der Waals surface area contributed by atoms with E-state index in [2.05, 4.69) is 32.1 Å². The van der Waals surface area contributed by atoms with Crippen molar-refractivity contribution in [1.29, 1.82) is 0 Å².